The van der Waals surface area contributed by atoms with E-state index in [1.165, 1.54) is 0 Å². The van der Waals surface area contributed by atoms with Crippen LogP contribution in [0.3, 0.4) is 0 Å². The molecule has 5 heteroatoms. The van der Waals surface area contributed by atoms with Gasteiger partial charge in [-0.15, -0.1) is 12.6 Å². The number of carbonyl (C=O) groups is 2. The second kappa shape index (κ2) is 6.10. The zero-order valence-electron chi connectivity index (χ0n) is 10.9. The quantitative estimate of drug-likeness (QED) is 0.827. The highest BCUT2D eigenvalue weighted by molar-refractivity contribution is 7.80. The first-order valence-corrected chi connectivity index (χ1v) is 6.91. The van der Waals surface area contributed by atoms with Crippen molar-refractivity contribution in [1.29, 1.82) is 0 Å². The molecule has 1 aromatic rings. The van der Waals surface area contributed by atoms with Gasteiger partial charge in [-0.25, -0.2) is 0 Å². The molecule has 4 nitrogen and oxygen atoms in total. The van der Waals surface area contributed by atoms with Crippen LogP contribution >= 0.6 is 12.6 Å². The van der Waals surface area contributed by atoms with Crippen molar-refractivity contribution in [2.75, 3.05) is 13.1 Å². The van der Waals surface area contributed by atoms with Gasteiger partial charge in [-0.1, -0.05) is 0 Å². The molecule has 1 aromatic carbocycles. The average Bonchev–Trinajstić information content (AvgIpc) is 2.92. The van der Waals surface area contributed by atoms with E-state index in [1.54, 1.807) is 31.2 Å². The molecule has 1 aliphatic rings. The summed E-state index contributed by atoms with van der Waals surface area (Å²) in [6, 6.07) is 6.42. The summed E-state index contributed by atoms with van der Waals surface area (Å²) < 4.78 is 0. The molecule has 0 saturated carbocycles. The molecule has 0 aromatic heterocycles. The number of rotatable bonds is 3. The number of carbonyl (C=O) groups excluding carboxylic acids is 2. The smallest absolute Gasteiger partial charge is 0.251 e. The molecule has 1 aliphatic heterocycles. The number of hydrogen-bond donors (Lipinski definition) is 2. The lowest BCUT2D eigenvalue weighted by molar-refractivity contribution is -0.131. The first-order valence-electron chi connectivity index (χ1n) is 6.46. The number of nitrogens with zero attached hydrogens (tertiary/aromatic N) is 1. The van der Waals surface area contributed by atoms with Crippen LogP contribution in [0.25, 0.3) is 0 Å². The summed E-state index contributed by atoms with van der Waals surface area (Å²) in [4.78, 5) is 26.7. The Labute approximate surface area is 118 Å². The first-order chi connectivity index (χ1) is 9.08. The Kier molecular flexibility index (Phi) is 4.47. The fourth-order valence-electron chi connectivity index (χ4n) is 2.17. The van der Waals surface area contributed by atoms with Gasteiger partial charge in [0.2, 0.25) is 5.91 Å². The van der Waals surface area contributed by atoms with Crippen LogP contribution in [0.15, 0.2) is 29.2 Å². The van der Waals surface area contributed by atoms with Crippen molar-refractivity contribution < 1.29 is 9.59 Å². The van der Waals surface area contributed by atoms with Gasteiger partial charge in [-0.3, -0.25) is 9.59 Å². The molecule has 0 aliphatic carbocycles. The Morgan fingerprint density at radius 3 is 2.37 bits per heavy atom. The van der Waals surface area contributed by atoms with Gasteiger partial charge in [0.05, 0.1) is 0 Å². The third kappa shape index (κ3) is 3.50. The molecule has 0 radical (unpaired) electrons. The first kappa shape index (κ1) is 13.9. The zero-order chi connectivity index (χ0) is 13.8. The largest absolute Gasteiger partial charge is 0.341 e. The topological polar surface area (TPSA) is 49.4 Å². The van der Waals surface area contributed by atoms with Crippen molar-refractivity contribution in [2.24, 2.45) is 0 Å². The average molecular weight is 278 g/mol. The molecule has 1 heterocycles. The molecular weight excluding hydrogens is 260 g/mol. The van der Waals surface area contributed by atoms with Crippen molar-refractivity contribution in [2.45, 2.75) is 30.7 Å². The van der Waals surface area contributed by atoms with E-state index < -0.39 is 6.04 Å². The number of benzene rings is 1. The molecule has 0 spiro atoms. The summed E-state index contributed by atoms with van der Waals surface area (Å²) in [7, 11) is 0. The minimum atomic E-state index is -0.485. The standard InChI is InChI=1S/C14H18N2O2S/c1-10(14(18)16-8-2-3-9-16)15-13(17)11-4-6-12(19)7-5-11/h4-7,10,19H,2-3,8-9H2,1H3,(H,15,17). The highest BCUT2D eigenvalue weighted by Crippen LogP contribution is 2.10. The Balaban J connectivity index is 1.94. The van der Waals surface area contributed by atoms with E-state index in [-0.39, 0.29) is 11.8 Å². The third-order valence-corrected chi connectivity index (χ3v) is 3.56. The number of likely N-dealkylation sites (tertiary alicyclic amines) is 1. The van der Waals surface area contributed by atoms with E-state index in [1.807, 2.05) is 4.90 Å². The maximum atomic E-state index is 12.1. The summed E-state index contributed by atoms with van der Waals surface area (Å²) >= 11 is 4.17. The number of thiol groups is 1. The fraction of sp³-hybridized carbons (Fsp3) is 0.429. The molecule has 0 bridgehead atoms. The molecule has 2 rings (SSSR count). The van der Waals surface area contributed by atoms with Crippen LogP contribution in [-0.4, -0.2) is 35.8 Å². The Bertz CT molecular complexity index is 467. The van der Waals surface area contributed by atoms with E-state index in [2.05, 4.69) is 17.9 Å². The van der Waals surface area contributed by atoms with Crippen molar-refractivity contribution in [3.8, 4) is 0 Å². The van der Waals surface area contributed by atoms with Crippen LogP contribution in [0.1, 0.15) is 30.1 Å². The summed E-state index contributed by atoms with van der Waals surface area (Å²) in [5, 5.41) is 2.74. The van der Waals surface area contributed by atoms with Crippen molar-refractivity contribution in [3.05, 3.63) is 29.8 Å². The zero-order valence-corrected chi connectivity index (χ0v) is 11.8. The van der Waals surface area contributed by atoms with E-state index >= 15 is 0 Å². The van der Waals surface area contributed by atoms with Gasteiger partial charge in [-0.05, 0) is 44.0 Å². The second-order valence-corrected chi connectivity index (χ2v) is 5.29. The van der Waals surface area contributed by atoms with Crippen molar-refractivity contribution in [1.82, 2.24) is 10.2 Å². The lowest BCUT2D eigenvalue weighted by Gasteiger charge is -2.21. The molecule has 2 amide bonds. The van der Waals surface area contributed by atoms with Crippen LogP contribution in [0.2, 0.25) is 0 Å². The molecule has 1 saturated heterocycles. The number of hydrogen-bond acceptors (Lipinski definition) is 3. The lowest BCUT2D eigenvalue weighted by Crippen LogP contribution is -2.45. The van der Waals surface area contributed by atoms with Crippen LogP contribution in [0, 0.1) is 0 Å². The van der Waals surface area contributed by atoms with Crippen LogP contribution in [0.5, 0.6) is 0 Å². The molecule has 1 fully saturated rings. The Morgan fingerprint density at radius 2 is 1.79 bits per heavy atom. The second-order valence-electron chi connectivity index (χ2n) is 4.77. The number of amides is 2. The maximum absolute atomic E-state index is 12.1. The van der Waals surface area contributed by atoms with Gasteiger partial charge in [-0.2, -0.15) is 0 Å². The predicted octanol–water partition coefficient (Wildman–Crippen LogP) is 1.72. The van der Waals surface area contributed by atoms with Crippen molar-refractivity contribution >= 4 is 24.4 Å². The van der Waals surface area contributed by atoms with Gasteiger partial charge in [0, 0.05) is 23.5 Å². The lowest BCUT2D eigenvalue weighted by atomic mass is 10.2. The molecule has 102 valence electrons. The minimum Gasteiger partial charge on any atom is -0.341 e. The molecule has 1 unspecified atom stereocenters. The monoisotopic (exact) mass is 278 g/mol. The summed E-state index contributed by atoms with van der Waals surface area (Å²) in [5.74, 6) is -0.231. The van der Waals surface area contributed by atoms with Gasteiger partial charge < -0.3 is 10.2 Å². The van der Waals surface area contributed by atoms with Crippen molar-refractivity contribution in [3.63, 3.8) is 0 Å². The minimum absolute atomic E-state index is 0.00309. The third-order valence-electron chi connectivity index (χ3n) is 3.27. The normalized spacial score (nSPS) is 16.2. The highest BCUT2D eigenvalue weighted by atomic mass is 32.1. The van der Waals surface area contributed by atoms with E-state index in [9.17, 15) is 9.59 Å². The molecule has 1 N–H and O–H groups in total. The van der Waals surface area contributed by atoms with Crippen LogP contribution in [-0.2, 0) is 4.79 Å². The van der Waals surface area contributed by atoms with E-state index in [4.69, 9.17) is 0 Å². The molecule has 19 heavy (non-hydrogen) atoms. The van der Waals surface area contributed by atoms with Crippen LogP contribution in [0.4, 0.5) is 0 Å². The van der Waals surface area contributed by atoms with Gasteiger partial charge in [0.1, 0.15) is 6.04 Å². The van der Waals surface area contributed by atoms with Gasteiger partial charge in [0.25, 0.3) is 5.91 Å². The predicted molar refractivity (Wildman–Crippen MR) is 76.4 cm³/mol. The SMILES string of the molecule is CC(NC(=O)c1ccc(S)cc1)C(=O)N1CCCC1. The Morgan fingerprint density at radius 1 is 1.21 bits per heavy atom. The maximum Gasteiger partial charge on any atom is 0.251 e. The van der Waals surface area contributed by atoms with Gasteiger partial charge >= 0.3 is 0 Å². The molecular formula is C14H18N2O2S. The summed E-state index contributed by atoms with van der Waals surface area (Å²) in [6.07, 6.45) is 2.10. The van der Waals surface area contributed by atoms with E-state index in [0.717, 1.165) is 30.8 Å². The summed E-state index contributed by atoms with van der Waals surface area (Å²) in [5.41, 5.74) is 0.541. The highest BCUT2D eigenvalue weighted by Gasteiger charge is 2.24. The van der Waals surface area contributed by atoms with Gasteiger partial charge in [0.15, 0.2) is 0 Å². The van der Waals surface area contributed by atoms with Crippen LogP contribution < -0.4 is 5.32 Å². The summed E-state index contributed by atoms with van der Waals surface area (Å²) in [6.45, 7) is 3.33. The number of nitrogens with one attached hydrogen (secondary N) is 1. The molecule has 1 atom stereocenters. The van der Waals surface area contributed by atoms with E-state index in [0.29, 0.717) is 5.56 Å². The fourth-order valence-corrected chi connectivity index (χ4v) is 2.31. The Hall–Kier alpha value is -1.49.